The van der Waals surface area contributed by atoms with Crippen LogP contribution < -0.4 is 5.73 Å². The van der Waals surface area contributed by atoms with Gasteiger partial charge in [0.1, 0.15) is 11.3 Å². The fourth-order valence-corrected chi connectivity index (χ4v) is 2.11. The monoisotopic (exact) mass is 246 g/mol. The topological polar surface area (TPSA) is 56.7 Å². The van der Waals surface area contributed by atoms with E-state index in [0.717, 1.165) is 36.2 Å². The number of hydrogen-bond acceptors (Lipinski definition) is 3. The van der Waals surface area contributed by atoms with Gasteiger partial charge in [-0.05, 0) is 18.4 Å². The number of rotatable bonds is 5. The lowest BCUT2D eigenvalue weighted by Crippen LogP contribution is -2.30. The molecule has 0 amide bonds. The molecule has 0 saturated carbocycles. The number of aryl methyl sites for hydroxylation is 1. The summed E-state index contributed by atoms with van der Waals surface area (Å²) in [7, 11) is 0. The highest BCUT2D eigenvalue weighted by Crippen LogP contribution is 2.17. The van der Waals surface area contributed by atoms with E-state index in [4.69, 9.17) is 5.73 Å². The lowest BCUT2D eigenvalue weighted by atomic mass is 10.0. The Bertz CT molecular complexity index is 515. The minimum atomic E-state index is 0.158. The Balaban J connectivity index is 2.39. The van der Waals surface area contributed by atoms with E-state index < -0.39 is 0 Å². The van der Waals surface area contributed by atoms with Gasteiger partial charge in [0.15, 0.2) is 0 Å². The molecule has 2 rings (SSSR count). The number of nitrogens with two attached hydrogens (primary N) is 1. The minimum absolute atomic E-state index is 0.158. The van der Waals surface area contributed by atoms with E-state index >= 15 is 0 Å². The van der Waals surface area contributed by atoms with E-state index in [1.165, 1.54) is 0 Å². The maximum atomic E-state index is 6.17. The number of pyridine rings is 1. The summed E-state index contributed by atoms with van der Waals surface area (Å²) in [6, 6.07) is 2.19. The van der Waals surface area contributed by atoms with E-state index in [9.17, 15) is 0 Å². The van der Waals surface area contributed by atoms with Gasteiger partial charge in [-0.1, -0.05) is 20.8 Å². The number of hydrogen-bond donors (Lipinski definition) is 1. The third kappa shape index (κ3) is 2.53. The highest BCUT2D eigenvalue weighted by atomic mass is 15.1. The lowest BCUT2D eigenvalue weighted by molar-refractivity contribution is 0.472. The molecule has 1 atom stereocenters. The van der Waals surface area contributed by atoms with Crippen molar-refractivity contribution in [1.82, 2.24) is 14.5 Å². The zero-order chi connectivity index (χ0) is 13.1. The molecule has 2 aromatic heterocycles. The van der Waals surface area contributed by atoms with Crippen LogP contribution in [0, 0.1) is 5.92 Å². The van der Waals surface area contributed by atoms with E-state index in [1.807, 2.05) is 18.5 Å². The fourth-order valence-electron chi connectivity index (χ4n) is 2.11. The Morgan fingerprint density at radius 2 is 2.17 bits per heavy atom. The first-order chi connectivity index (χ1) is 8.63. The number of nitrogens with zero attached hydrogens (tertiary/aromatic N) is 3. The van der Waals surface area contributed by atoms with Crippen molar-refractivity contribution in [3.63, 3.8) is 0 Å². The molecule has 18 heavy (non-hydrogen) atoms. The van der Waals surface area contributed by atoms with Crippen LogP contribution in [0.15, 0.2) is 18.5 Å². The van der Waals surface area contributed by atoms with Crippen LogP contribution in [0.3, 0.4) is 0 Å². The molecule has 2 aromatic rings. The Labute approximate surface area is 108 Å². The quantitative estimate of drug-likeness (QED) is 0.881. The smallest absolute Gasteiger partial charge is 0.111 e. The Morgan fingerprint density at radius 1 is 1.39 bits per heavy atom. The average Bonchev–Trinajstić information content (AvgIpc) is 2.68. The maximum Gasteiger partial charge on any atom is 0.111 e. The van der Waals surface area contributed by atoms with Gasteiger partial charge < -0.3 is 10.3 Å². The van der Waals surface area contributed by atoms with Crippen LogP contribution in [-0.2, 0) is 13.0 Å². The molecular formula is C14H22N4. The summed E-state index contributed by atoms with van der Waals surface area (Å²) >= 11 is 0. The third-order valence-electron chi connectivity index (χ3n) is 3.35. The van der Waals surface area contributed by atoms with E-state index in [2.05, 4.69) is 35.3 Å². The van der Waals surface area contributed by atoms with Crippen molar-refractivity contribution < 1.29 is 0 Å². The molecule has 98 valence electrons. The number of imidazole rings is 1. The average molecular weight is 246 g/mol. The second-order valence-electron chi connectivity index (χ2n) is 5.16. The molecule has 0 aromatic carbocycles. The first-order valence-electron chi connectivity index (χ1n) is 6.68. The first-order valence-corrected chi connectivity index (χ1v) is 6.68. The van der Waals surface area contributed by atoms with Crippen molar-refractivity contribution in [3.8, 4) is 0 Å². The second kappa shape index (κ2) is 5.48. The van der Waals surface area contributed by atoms with Crippen LogP contribution in [0.1, 0.15) is 33.0 Å². The molecule has 0 spiro atoms. The van der Waals surface area contributed by atoms with Gasteiger partial charge in [0.05, 0.1) is 11.7 Å². The lowest BCUT2D eigenvalue weighted by Gasteiger charge is -2.16. The standard InChI is InChI=1S/C14H22N4/c1-4-7-18-13-5-6-16-9-12(13)17-14(18)8-11(15)10(2)3/h5-6,9-11H,4,7-8,15H2,1-3H3. The van der Waals surface area contributed by atoms with Crippen LogP contribution in [0.25, 0.3) is 11.0 Å². The van der Waals surface area contributed by atoms with E-state index in [-0.39, 0.29) is 6.04 Å². The van der Waals surface area contributed by atoms with Crippen LogP contribution in [0.4, 0.5) is 0 Å². The van der Waals surface area contributed by atoms with Crippen molar-refractivity contribution in [3.05, 3.63) is 24.3 Å². The maximum absolute atomic E-state index is 6.17. The van der Waals surface area contributed by atoms with Gasteiger partial charge in [0.25, 0.3) is 0 Å². The van der Waals surface area contributed by atoms with Gasteiger partial charge in [0, 0.05) is 25.2 Å². The van der Waals surface area contributed by atoms with Crippen molar-refractivity contribution in [1.29, 1.82) is 0 Å². The van der Waals surface area contributed by atoms with Gasteiger partial charge in [0.2, 0.25) is 0 Å². The summed E-state index contributed by atoms with van der Waals surface area (Å²) in [5.41, 5.74) is 8.30. The van der Waals surface area contributed by atoms with Crippen molar-refractivity contribution in [2.24, 2.45) is 11.7 Å². The molecule has 0 fully saturated rings. The summed E-state index contributed by atoms with van der Waals surface area (Å²) < 4.78 is 2.28. The van der Waals surface area contributed by atoms with Gasteiger partial charge in [-0.3, -0.25) is 4.98 Å². The summed E-state index contributed by atoms with van der Waals surface area (Å²) in [6.07, 6.45) is 5.57. The fraction of sp³-hybridized carbons (Fsp3) is 0.571. The van der Waals surface area contributed by atoms with Gasteiger partial charge >= 0.3 is 0 Å². The minimum Gasteiger partial charge on any atom is -0.328 e. The summed E-state index contributed by atoms with van der Waals surface area (Å²) in [5.74, 6) is 1.55. The molecule has 0 aliphatic carbocycles. The first kappa shape index (κ1) is 13.0. The van der Waals surface area contributed by atoms with E-state index in [0.29, 0.717) is 5.92 Å². The van der Waals surface area contributed by atoms with Crippen molar-refractivity contribution >= 4 is 11.0 Å². The number of aromatic nitrogens is 3. The molecule has 0 bridgehead atoms. The third-order valence-corrected chi connectivity index (χ3v) is 3.35. The predicted molar refractivity (Wildman–Crippen MR) is 74.3 cm³/mol. The molecule has 4 nitrogen and oxygen atoms in total. The molecule has 0 saturated heterocycles. The zero-order valence-corrected chi connectivity index (χ0v) is 11.4. The summed E-state index contributed by atoms with van der Waals surface area (Å²) in [5, 5.41) is 0. The SMILES string of the molecule is CCCn1c(CC(N)C(C)C)nc2cnccc21. The van der Waals surface area contributed by atoms with Crippen LogP contribution >= 0.6 is 0 Å². The second-order valence-corrected chi connectivity index (χ2v) is 5.16. The summed E-state index contributed by atoms with van der Waals surface area (Å²) in [4.78, 5) is 8.81. The molecule has 2 heterocycles. The Hall–Kier alpha value is -1.42. The van der Waals surface area contributed by atoms with Crippen LogP contribution in [0.5, 0.6) is 0 Å². The van der Waals surface area contributed by atoms with Gasteiger partial charge in [-0.2, -0.15) is 0 Å². The van der Waals surface area contributed by atoms with E-state index in [1.54, 1.807) is 0 Å². The zero-order valence-electron chi connectivity index (χ0n) is 11.4. The molecule has 2 N–H and O–H groups in total. The Morgan fingerprint density at radius 3 is 2.83 bits per heavy atom. The van der Waals surface area contributed by atoms with Gasteiger partial charge in [-0.25, -0.2) is 4.98 Å². The summed E-state index contributed by atoms with van der Waals surface area (Å²) in [6.45, 7) is 7.47. The normalized spacial score (nSPS) is 13.4. The predicted octanol–water partition coefficient (Wildman–Crippen LogP) is 2.37. The molecular weight excluding hydrogens is 224 g/mol. The van der Waals surface area contributed by atoms with Crippen LogP contribution in [0.2, 0.25) is 0 Å². The van der Waals surface area contributed by atoms with Crippen molar-refractivity contribution in [2.45, 2.75) is 46.2 Å². The molecule has 0 aliphatic heterocycles. The molecule has 0 aliphatic rings. The number of fused-ring (bicyclic) bond motifs is 1. The largest absolute Gasteiger partial charge is 0.328 e. The highest BCUT2D eigenvalue weighted by Gasteiger charge is 2.15. The molecule has 4 heteroatoms. The highest BCUT2D eigenvalue weighted by molar-refractivity contribution is 5.74. The molecule has 1 unspecified atom stereocenters. The van der Waals surface area contributed by atoms with Crippen LogP contribution in [-0.4, -0.2) is 20.6 Å². The van der Waals surface area contributed by atoms with Gasteiger partial charge in [-0.15, -0.1) is 0 Å². The van der Waals surface area contributed by atoms with Crippen molar-refractivity contribution in [2.75, 3.05) is 0 Å². The molecule has 0 radical (unpaired) electrons. The Kier molecular flexibility index (Phi) is 3.97.